The van der Waals surface area contributed by atoms with Gasteiger partial charge in [-0.3, -0.25) is 4.79 Å². The average Bonchev–Trinajstić information content (AvgIpc) is 2.27. The summed E-state index contributed by atoms with van der Waals surface area (Å²) in [5.41, 5.74) is 5.76. The average molecular weight is 329 g/mol. The number of amides is 1. The van der Waals surface area contributed by atoms with Gasteiger partial charge >= 0.3 is 0 Å². The Balaban J connectivity index is 2.68. The van der Waals surface area contributed by atoms with E-state index in [1.54, 1.807) is 25.1 Å². The molecule has 0 aromatic heterocycles. The Morgan fingerprint density at radius 3 is 2.74 bits per heavy atom. The summed E-state index contributed by atoms with van der Waals surface area (Å²) in [7, 11) is 0. The number of nitrogens with one attached hydrogen (secondary N) is 1. The Kier molecular flexibility index (Phi) is 5.38. The molecule has 1 aromatic rings. The molecule has 1 amide bonds. The highest BCUT2D eigenvalue weighted by Gasteiger charge is 2.23. The van der Waals surface area contributed by atoms with E-state index in [1.165, 1.54) is 0 Å². The number of hydrogen-bond donors (Lipinski definition) is 3. The van der Waals surface area contributed by atoms with E-state index in [1.807, 2.05) is 13.8 Å². The van der Waals surface area contributed by atoms with E-state index in [4.69, 9.17) is 5.73 Å². The lowest BCUT2D eigenvalue weighted by Gasteiger charge is -2.25. The predicted molar refractivity (Wildman–Crippen MR) is 81.0 cm³/mol. The first-order chi connectivity index (χ1) is 8.71. The summed E-state index contributed by atoms with van der Waals surface area (Å²) in [6.45, 7) is 6.00. The van der Waals surface area contributed by atoms with E-state index in [-0.39, 0.29) is 12.5 Å². The van der Waals surface area contributed by atoms with E-state index < -0.39 is 5.60 Å². The van der Waals surface area contributed by atoms with Crippen molar-refractivity contribution in [1.29, 1.82) is 0 Å². The second-order valence-electron chi connectivity index (χ2n) is 5.52. The van der Waals surface area contributed by atoms with Crippen molar-refractivity contribution < 1.29 is 9.90 Å². The number of aliphatic hydroxyl groups is 1. The predicted octanol–water partition coefficient (Wildman–Crippen LogP) is 2.56. The van der Waals surface area contributed by atoms with E-state index in [0.29, 0.717) is 28.1 Å². The van der Waals surface area contributed by atoms with Crippen LogP contribution in [0.4, 0.5) is 5.69 Å². The molecule has 1 aromatic carbocycles. The molecule has 0 heterocycles. The molecule has 0 saturated carbocycles. The van der Waals surface area contributed by atoms with Crippen LogP contribution in [-0.4, -0.2) is 23.2 Å². The summed E-state index contributed by atoms with van der Waals surface area (Å²) in [6.07, 6.45) is 0.630. The van der Waals surface area contributed by atoms with Crippen LogP contribution < -0.4 is 11.1 Å². The third kappa shape index (κ3) is 5.20. The monoisotopic (exact) mass is 328 g/mol. The first-order valence-corrected chi connectivity index (χ1v) is 7.06. The van der Waals surface area contributed by atoms with Crippen molar-refractivity contribution in [3.63, 3.8) is 0 Å². The number of nitrogen functional groups attached to an aromatic ring is 1. The first-order valence-electron chi connectivity index (χ1n) is 6.27. The van der Waals surface area contributed by atoms with Gasteiger partial charge in [-0.2, -0.15) is 0 Å². The lowest BCUT2D eigenvalue weighted by Crippen LogP contribution is -2.41. The zero-order valence-electron chi connectivity index (χ0n) is 11.5. The standard InChI is InChI=1S/C14H21BrN2O2/c1-9(2)7-14(3,19)8-17-13(18)11-6-10(16)4-5-12(11)15/h4-6,9,19H,7-8,16H2,1-3H3,(H,17,18). The molecule has 0 spiro atoms. The summed E-state index contributed by atoms with van der Waals surface area (Å²) in [4.78, 5) is 12.0. The van der Waals surface area contributed by atoms with Crippen LogP contribution in [0, 0.1) is 5.92 Å². The van der Waals surface area contributed by atoms with Gasteiger partial charge in [-0.05, 0) is 53.4 Å². The van der Waals surface area contributed by atoms with Crippen LogP contribution in [0.5, 0.6) is 0 Å². The van der Waals surface area contributed by atoms with Gasteiger partial charge < -0.3 is 16.2 Å². The summed E-state index contributed by atoms with van der Waals surface area (Å²) < 4.78 is 0.683. The van der Waals surface area contributed by atoms with Crippen molar-refractivity contribution in [3.05, 3.63) is 28.2 Å². The number of benzene rings is 1. The quantitative estimate of drug-likeness (QED) is 0.727. The number of carbonyl (C=O) groups excluding carboxylic acids is 1. The highest BCUT2D eigenvalue weighted by molar-refractivity contribution is 9.10. The third-order valence-corrected chi connectivity index (χ3v) is 3.40. The Hall–Kier alpha value is -1.07. The maximum Gasteiger partial charge on any atom is 0.252 e. The normalized spacial score (nSPS) is 14.2. The summed E-state index contributed by atoms with van der Waals surface area (Å²) >= 11 is 3.31. The van der Waals surface area contributed by atoms with Crippen molar-refractivity contribution in [2.24, 2.45) is 5.92 Å². The molecule has 106 valence electrons. The fourth-order valence-electron chi connectivity index (χ4n) is 2.03. The summed E-state index contributed by atoms with van der Waals surface area (Å²) in [6, 6.07) is 5.06. The van der Waals surface area contributed by atoms with Crippen LogP contribution in [-0.2, 0) is 0 Å². The maximum absolute atomic E-state index is 12.0. The SMILES string of the molecule is CC(C)CC(C)(O)CNC(=O)c1cc(N)ccc1Br. The maximum atomic E-state index is 12.0. The molecule has 1 rings (SSSR count). The smallest absolute Gasteiger partial charge is 0.252 e. The van der Waals surface area contributed by atoms with Crippen LogP contribution in [0.25, 0.3) is 0 Å². The lowest BCUT2D eigenvalue weighted by molar-refractivity contribution is 0.0368. The second kappa shape index (κ2) is 6.39. The second-order valence-corrected chi connectivity index (χ2v) is 6.37. The molecular weight excluding hydrogens is 308 g/mol. The van der Waals surface area contributed by atoms with E-state index >= 15 is 0 Å². The molecular formula is C14H21BrN2O2. The van der Waals surface area contributed by atoms with Gasteiger partial charge in [-0.1, -0.05) is 13.8 Å². The Morgan fingerprint density at radius 2 is 2.16 bits per heavy atom. The van der Waals surface area contributed by atoms with Crippen LogP contribution in [0.1, 0.15) is 37.6 Å². The number of anilines is 1. The van der Waals surface area contributed by atoms with E-state index in [2.05, 4.69) is 21.2 Å². The molecule has 19 heavy (non-hydrogen) atoms. The Labute approximate surface area is 122 Å². The van der Waals surface area contributed by atoms with Crippen molar-refractivity contribution >= 4 is 27.5 Å². The van der Waals surface area contributed by atoms with Gasteiger partial charge in [0.1, 0.15) is 0 Å². The van der Waals surface area contributed by atoms with E-state index in [0.717, 1.165) is 0 Å². The Morgan fingerprint density at radius 1 is 1.53 bits per heavy atom. The van der Waals surface area contributed by atoms with Gasteiger partial charge in [0.2, 0.25) is 0 Å². The minimum atomic E-state index is -0.906. The lowest BCUT2D eigenvalue weighted by atomic mass is 9.94. The van der Waals surface area contributed by atoms with Crippen molar-refractivity contribution in [3.8, 4) is 0 Å². The fraction of sp³-hybridized carbons (Fsp3) is 0.500. The zero-order chi connectivity index (χ0) is 14.6. The van der Waals surface area contributed by atoms with Crippen molar-refractivity contribution in [1.82, 2.24) is 5.32 Å². The van der Waals surface area contributed by atoms with Gasteiger partial charge in [-0.15, -0.1) is 0 Å². The molecule has 0 fully saturated rings. The van der Waals surface area contributed by atoms with Gasteiger partial charge in [0, 0.05) is 16.7 Å². The van der Waals surface area contributed by atoms with Gasteiger partial charge in [0.05, 0.1) is 11.2 Å². The zero-order valence-corrected chi connectivity index (χ0v) is 13.1. The molecule has 1 atom stereocenters. The molecule has 0 aliphatic carbocycles. The number of rotatable bonds is 5. The summed E-state index contributed by atoms with van der Waals surface area (Å²) in [5, 5.41) is 12.9. The number of halogens is 1. The fourth-order valence-corrected chi connectivity index (χ4v) is 2.46. The van der Waals surface area contributed by atoms with Crippen molar-refractivity contribution in [2.75, 3.05) is 12.3 Å². The van der Waals surface area contributed by atoms with Crippen LogP contribution in [0.15, 0.2) is 22.7 Å². The minimum absolute atomic E-state index is 0.214. The number of carbonyl (C=O) groups is 1. The van der Waals surface area contributed by atoms with Crippen LogP contribution in [0.2, 0.25) is 0 Å². The van der Waals surface area contributed by atoms with Gasteiger partial charge in [0.25, 0.3) is 5.91 Å². The number of hydrogen-bond acceptors (Lipinski definition) is 3. The first kappa shape index (κ1) is 16.0. The molecule has 5 heteroatoms. The molecule has 0 aliphatic heterocycles. The highest BCUT2D eigenvalue weighted by Crippen LogP contribution is 2.20. The van der Waals surface area contributed by atoms with Crippen molar-refractivity contribution in [2.45, 2.75) is 32.8 Å². The largest absolute Gasteiger partial charge is 0.399 e. The minimum Gasteiger partial charge on any atom is -0.399 e. The molecule has 0 radical (unpaired) electrons. The highest BCUT2D eigenvalue weighted by atomic mass is 79.9. The molecule has 4 nitrogen and oxygen atoms in total. The van der Waals surface area contributed by atoms with Crippen LogP contribution in [0.3, 0.4) is 0 Å². The molecule has 1 unspecified atom stereocenters. The molecule has 0 aliphatic rings. The number of nitrogens with two attached hydrogens (primary N) is 1. The van der Waals surface area contributed by atoms with E-state index in [9.17, 15) is 9.90 Å². The molecule has 0 bridgehead atoms. The molecule has 0 saturated heterocycles. The van der Waals surface area contributed by atoms with Gasteiger partial charge in [0.15, 0.2) is 0 Å². The van der Waals surface area contributed by atoms with Gasteiger partial charge in [-0.25, -0.2) is 0 Å². The van der Waals surface area contributed by atoms with Crippen LogP contribution >= 0.6 is 15.9 Å². The summed E-state index contributed by atoms with van der Waals surface area (Å²) in [5.74, 6) is 0.120. The Bertz CT molecular complexity index is 459. The topological polar surface area (TPSA) is 75.3 Å². The third-order valence-electron chi connectivity index (χ3n) is 2.71. The molecule has 4 N–H and O–H groups in total.